The molecule has 1 aromatic rings. The van der Waals surface area contributed by atoms with E-state index in [0.29, 0.717) is 19.1 Å². The van der Waals surface area contributed by atoms with Gasteiger partial charge in [-0.2, -0.15) is 0 Å². The van der Waals surface area contributed by atoms with Crippen molar-refractivity contribution in [3.05, 3.63) is 29.3 Å². The molecule has 6 nitrogen and oxygen atoms in total. The third kappa shape index (κ3) is 3.95. The Bertz CT molecular complexity index is 653. The highest BCUT2D eigenvalue weighted by Crippen LogP contribution is 2.26. The molecule has 136 valence electrons. The predicted octanol–water partition coefficient (Wildman–Crippen LogP) is 2.25. The Morgan fingerprint density at radius 3 is 2.44 bits per heavy atom. The smallest absolute Gasteiger partial charge is 0.321 e. The summed E-state index contributed by atoms with van der Waals surface area (Å²) in [5.41, 5.74) is 8.75. The molecular weight excluding hydrogens is 316 g/mol. The van der Waals surface area contributed by atoms with E-state index in [4.69, 9.17) is 5.73 Å². The van der Waals surface area contributed by atoms with E-state index in [2.05, 4.69) is 17.1 Å². The Morgan fingerprint density at radius 1 is 1.08 bits per heavy atom. The maximum atomic E-state index is 12.5. The summed E-state index contributed by atoms with van der Waals surface area (Å²) >= 11 is 0. The summed E-state index contributed by atoms with van der Waals surface area (Å²) in [5.74, 6) is -0.215. The molecule has 2 fully saturated rings. The van der Waals surface area contributed by atoms with Crippen LogP contribution in [-0.4, -0.2) is 53.5 Å². The molecule has 6 heteroatoms. The molecule has 2 saturated heterocycles. The lowest BCUT2D eigenvalue weighted by atomic mass is 10.0. The molecular formula is C19H28N4O2. The van der Waals surface area contributed by atoms with Crippen LogP contribution in [0.3, 0.4) is 0 Å². The van der Waals surface area contributed by atoms with Gasteiger partial charge in [0.05, 0.1) is 6.04 Å². The third-order valence-electron chi connectivity index (χ3n) is 5.60. The Balaban J connectivity index is 1.54. The summed E-state index contributed by atoms with van der Waals surface area (Å²) in [6, 6.07) is 6.14. The van der Waals surface area contributed by atoms with Gasteiger partial charge in [-0.05, 0) is 69.3 Å². The van der Waals surface area contributed by atoms with Crippen molar-refractivity contribution in [2.24, 2.45) is 5.73 Å². The van der Waals surface area contributed by atoms with E-state index in [1.165, 1.54) is 11.1 Å². The zero-order valence-electron chi connectivity index (χ0n) is 15.1. The molecule has 0 saturated carbocycles. The molecule has 2 heterocycles. The molecule has 0 spiro atoms. The number of carbonyl (C=O) groups is 2. The number of hydrogen-bond acceptors (Lipinski definition) is 3. The van der Waals surface area contributed by atoms with Gasteiger partial charge in [0, 0.05) is 24.8 Å². The molecule has 3 rings (SSSR count). The van der Waals surface area contributed by atoms with Gasteiger partial charge in [-0.3, -0.25) is 9.69 Å². The molecule has 2 aliphatic rings. The lowest BCUT2D eigenvalue weighted by Gasteiger charge is -2.38. The normalized spacial score (nSPS) is 22.2. The number of hydrogen-bond donors (Lipinski definition) is 2. The van der Waals surface area contributed by atoms with Crippen molar-refractivity contribution in [3.63, 3.8) is 0 Å². The highest BCUT2D eigenvalue weighted by Gasteiger charge is 2.36. The minimum Gasteiger partial charge on any atom is -0.368 e. The topological polar surface area (TPSA) is 78.7 Å². The van der Waals surface area contributed by atoms with Gasteiger partial charge in [0.25, 0.3) is 0 Å². The van der Waals surface area contributed by atoms with Crippen molar-refractivity contribution in [2.45, 2.75) is 51.6 Å². The quantitative estimate of drug-likeness (QED) is 0.883. The monoisotopic (exact) mass is 344 g/mol. The van der Waals surface area contributed by atoms with Gasteiger partial charge in [-0.1, -0.05) is 6.07 Å². The molecule has 0 bridgehead atoms. The number of benzene rings is 1. The average molecular weight is 344 g/mol. The molecule has 1 atom stereocenters. The van der Waals surface area contributed by atoms with Crippen molar-refractivity contribution in [2.75, 3.05) is 25.0 Å². The van der Waals surface area contributed by atoms with Gasteiger partial charge >= 0.3 is 6.03 Å². The fourth-order valence-electron chi connectivity index (χ4n) is 3.95. The first-order chi connectivity index (χ1) is 12.0. The van der Waals surface area contributed by atoms with Gasteiger partial charge < -0.3 is 16.0 Å². The molecule has 2 aliphatic heterocycles. The van der Waals surface area contributed by atoms with Crippen LogP contribution in [0.4, 0.5) is 10.5 Å². The number of amides is 3. The second-order valence-corrected chi connectivity index (χ2v) is 7.25. The molecule has 3 amide bonds. The second-order valence-electron chi connectivity index (χ2n) is 7.25. The first-order valence-corrected chi connectivity index (χ1v) is 9.14. The number of anilines is 1. The number of piperidine rings is 1. The Labute approximate surface area is 149 Å². The minimum absolute atomic E-state index is 0.0467. The van der Waals surface area contributed by atoms with E-state index in [1.807, 2.05) is 30.0 Å². The maximum absolute atomic E-state index is 12.5. The number of urea groups is 1. The third-order valence-corrected chi connectivity index (χ3v) is 5.60. The lowest BCUT2D eigenvalue weighted by Crippen LogP contribution is -2.51. The van der Waals surface area contributed by atoms with Crippen LogP contribution in [0.1, 0.15) is 36.8 Å². The molecule has 1 aromatic carbocycles. The zero-order valence-corrected chi connectivity index (χ0v) is 15.1. The number of aryl methyl sites for hydroxylation is 2. The standard InChI is InChI=1S/C19H28N4O2/c1-13-5-6-15(12-14(13)2)21-19(25)22-10-7-16(8-11-22)23-9-3-4-17(23)18(20)24/h5-6,12,16-17H,3-4,7-11H2,1-2H3,(H2,20,24)(H,21,25)/t17-/m0/s1. The van der Waals surface area contributed by atoms with E-state index in [9.17, 15) is 9.59 Å². The van der Waals surface area contributed by atoms with Crippen LogP contribution in [-0.2, 0) is 4.79 Å². The number of likely N-dealkylation sites (tertiary alicyclic amines) is 2. The SMILES string of the molecule is Cc1ccc(NC(=O)N2CCC(N3CCC[C@H]3C(N)=O)CC2)cc1C. The first kappa shape index (κ1) is 17.7. The fraction of sp³-hybridized carbons (Fsp3) is 0.579. The zero-order chi connectivity index (χ0) is 18.0. The van der Waals surface area contributed by atoms with Crippen molar-refractivity contribution in [1.29, 1.82) is 0 Å². The molecule has 0 aromatic heterocycles. The van der Waals surface area contributed by atoms with Crippen LogP contribution in [0.5, 0.6) is 0 Å². The highest BCUT2D eigenvalue weighted by molar-refractivity contribution is 5.89. The summed E-state index contributed by atoms with van der Waals surface area (Å²) in [4.78, 5) is 28.2. The van der Waals surface area contributed by atoms with Crippen molar-refractivity contribution in [3.8, 4) is 0 Å². The summed E-state index contributed by atoms with van der Waals surface area (Å²) in [5, 5.41) is 2.99. The Kier molecular flexibility index (Phi) is 5.27. The Morgan fingerprint density at radius 2 is 1.80 bits per heavy atom. The van der Waals surface area contributed by atoms with Gasteiger partial charge in [0.1, 0.15) is 0 Å². The van der Waals surface area contributed by atoms with E-state index in [0.717, 1.165) is 37.9 Å². The van der Waals surface area contributed by atoms with E-state index in [1.54, 1.807) is 0 Å². The highest BCUT2D eigenvalue weighted by atomic mass is 16.2. The molecule has 3 N–H and O–H groups in total. The van der Waals surface area contributed by atoms with Crippen LogP contribution >= 0.6 is 0 Å². The van der Waals surface area contributed by atoms with E-state index >= 15 is 0 Å². The molecule has 0 radical (unpaired) electrons. The summed E-state index contributed by atoms with van der Waals surface area (Å²) in [6.45, 7) is 6.46. The number of nitrogens with one attached hydrogen (secondary N) is 1. The van der Waals surface area contributed by atoms with Gasteiger partial charge in [-0.25, -0.2) is 4.79 Å². The molecule has 0 unspecified atom stereocenters. The largest absolute Gasteiger partial charge is 0.368 e. The van der Waals surface area contributed by atoms with Crippen LogP contribution in [0, 0.1) is 13.8 Å². The minimum atomic E-state index is -0.215. The average Bonchev–Trinajstić information content (AvgIpc) is 3.08. The maximum Gasteiger partial charge on any atom is 0.321 e. The van der Waals surface area contributed by atoms with Crippen molar-refractivity contribution >= 4 is 17.6 Å². The van der Waals surface area contributed by atoms with Crippen molar-refractivity contribution in [1.82, 2.24) is 9.80 Å². The lowest BCUT2D eigenvalue weighted by molar-refractivity contribution is -0.123. The fourth-order valence-corrected chi connectivity index (χ4v) is 3.95. The van der Waals surface area contributed by atoms with Crippen molar-refractivity contribution < 1.29 is 9.59 Å². The van der Waals surface area contributed by atoms with Crippen LogP contribution in [0.15, 0.2) is 18.2 Å². The van der Waals surface area contributed by atoms with Gasteiger partial charge in [0.15, 0.2) is 0 Å². The van der Waals surface area contributed by atoms with Gasteiger partial charge in [0.2, 0.25) is 5.91 Å². The van der Waals surface area contributed by atoms with E-state index in [-0.39, 0.29) is 18.0 Å². The van der Waals surface area contributed by atoms with Crippen LogP contribution in [0.2, 0.25) is 0 Å². The molecule has 0 aliphatic carbocycles. The second kappa shape index (κ2) is 7.44. The van der Waals surface area contributed by atoms with Crippen LogP contribution in [0.25, 0.3) is 0 Å². The number of primary amides is 1. The van der Waals surface area contributed by atoms with Gasteiger partial charge in [-0.15, -0.1) is 0 Å². The number of nitrogens with two attached hydrogens (primary N) is 1. The molecule has 25 heavy (non-hydrogen) atoms. The number of carbonyl (C=O) groups excluding carboxylic acids is 2. The van der Waals surface area contributed by atoms with Crippen LogP contribution < -0.4 is 11.1 Å². The first-order valence-electron chi connectivity index (χ1n) is 9.14. The predicted molar refractivity (Wildman–Crippen MR) is 98.5 cm³/mol. The Hall–Kier alpha value is -2.08. The summed E-state index contributed by atoms with van der Waals surface area (Å²) in [7, 11) is 0. The van der Waals surface area contributed by atoms with E-state index < -0.39 is 0 Å². The number of rotatable bonds is 3. The summed E-state index contributed by atoms with van der Waals surface area (Å²) in [6.07, 6.45) is 3.68. The summed E-state index contributed by atoms with van der Waals surface area (Å²) < 4.78 is 0. The number of nitrogens with zero attached hydrogens (tertiary/aromatic N) is 2.